The molecule has 118 valence electrons. The van der Waals surface area contributed by atoms with Gasteiger partial charge >= 0.3 is 0 Å². The molecule has 3 aromatic rings. The molecule has 3 rings (SSSR count). The van der Waals surface area contributed by atoms with Crippen LogP contribution in [0, 0.1) is 0 Å². The average Bonchev–Trinajstić information content (AvgIpc) is 2.65. The fraction of sp³-hybridized carbons (Fsp3) is 0. The number of hydrogen-bond donors (Lipinski definition) is 2. The first-order valence-electron chi connectivity index (χ1n) is 7.76. The van der Waals surface area contributed by atoms with Crippen molar-refractivity contribution in [3.05, 3.63) is 103 Å². The van der Waals surface area contributed by atoms with E-state index in [-0.39, 0.29) is 5.78 Å². The molecule has 0 bridgehead atoms. The molecule has 0 aromatic heterocycles. The van der Waals surface area contributed by atoms with Crippen LogP contribution < -0.4 is 10.6 Å². The largest absolute Gasteiger partial charge is 0.362 e. The number of anilines is 3. The van der Waals surface area contributed by atoms with Crippen molar-refractivity contribution in [2.45, 2.75) is 0 Å². The standard InChI is InChI=1S/C21H18N2O/c24-21(17-7-3-1-4-8-17)15-16-22-18-11-13-20(14-12-18)23-19-9-5-2-6-10-19/h1-16,22-23H/b16-15+. The van der Waals surface area contributed by atoms with E-state index in [2.05, 4.69) is 10.6 Å². The van der Waals surface area contributed by atoms with Crippen LogP contribution in [0.5, 0.6) is 0 Å². The summed E-state index contributed by atoms with van der Waals surface area (Å²) in [5.41, 5.74) is 3.66. The van der Waals surface area contributed by atoms with Crippen LogP contribution in [-0.4, -0.2) is 5.78 Å². The van der Waals surface area contributed by atoms with Crippen LogP contribution >= 0.6 is 0 Å². The number of allylic oxidation sites excluding steroid dienone is 1. The molecule has 0 saturated heterocycles. The highest BCUT2D eigenvalue weighted by molar-refractivity contribution is 6.04. The zero-order valence-electron chi connectivity index (χ0n) is 13.1. The predicted octanol–water partition coefficient (Wildman–Crippen LogP) is 5.24. The summed E-state index contributed by atoms with van der Waals surface area (Å²) in [6.07, 6.45) is 3.19. The second-order valence-corrected chi connectivity index (χ2v) is 5.28. The van der Waals surface area contributed by atoms with Gasteiger partial charge in [0.25, 0.3) is 0 Å². The summed E-state index contributed by atoms with van der Waals surface area (Å²) in [5, 5.41) is 6.43. The zero-order valence-corrected chi connectivity index (χ0v) is 13.1. The van der Waals surface area contributed by atoms with Crippen molar-refractivity contribution >= 4 is 22.8 Å². The first kappa shape index (κ1) is 15.6. The molecule has 0 aliphatic carbocycles. The Balaban J connectivity index is 1.56. The predicted molar refractivity (Wildman–Crippen MR) is 99.7 cm³/mol. The molecule has 0 amide bonds. The molecule has 0 aliphatic heterocycles. The molecule has 0 spiro atoms. The van der Waals surface area contributed by atoms with Gasteiger partial charge in [-0.3, -0.25) is 4.79 Å². The Morgan fingerprint density at radius 3 is 1.88 bits per heavy atom. The van der Waals surface area contributed by atoms with Gasteiger partial charge in [0, 0.05) is 34.9 Å². The summed E-state index contributed by atoms with van der Waals surface area (Å²) in [5.74, 6) is -0.0227. The van der Waals surface area contributed by atoms with Gasteiger partial charge in [0.15, 0.2) is 5.78 Å². The van der Waals surface area contributed by atoms with Crippen molar-refractivity contribution in [1.29, 1.82) is 0 Å². The van der Waals surface area contributed by atoms with Crippen molar-refractivity contribution < 1.29 is 4.79 Å². The highest BCUT2D eigenvalue weighted by atomic mass is 16.1. The van der Waals surface area contributed by atoms with Crippen LogP contribution in [0.1, 0.15) is 10.4 Å². The number of rotatable bonds is 6. The highest BCUT2D eigenvalue weighted by Gasteiger charge is 1.99. The Kier molecular flexibility index (Phi) is 5.05. The minimum atomic E-state index is -0.0227. The van der Waals surface area contributed by atoms with Crippen LogP contribution in [0.25, 0.3) is 0 Å². The number of para-hydroxylation sites is 1. The maximum Gasteiger partial charge on any atom is 0.187 e. The third kappa shape index (κ3) is 4.34. The van der Waals surface area contributed by atoms with Gasteiger partial charge in [-0.2, -0.15) is 0 Å². The van der Waals surface area contributed by atoms with Gasteiger partial charge in [0.1, 0.15) is 0 Å². The van der Waals surface area contributed by atoms with Gasteiger partial charge in [0.05, 0.1) is 0 Å². The van der Waals surface area contributed by atoms with E-state index in [0.29, 0.717) is 5.56 Å². The second-order valence-electron chi connectivity index (χ2n) is 5.28. The molecule has 0 atom stereocenters. The number of nitrogens with one attached hydrogen (secondary N) is 2. The summed E-state index contributed by atoms with van der Waals surface area (Å²) in [4.78, 5) is 12.0. The quantitative estimate of drug-likeness (QED) is 0.483. The van der Waals surface area contributed by atoms with Crippen LogP contribution in [0.4, 0.5) is 17.1 Å². The van der Waals surface area contributed by atoms with Crippen molar-refractivity contribution in [1.82, 2.24) is 0 Å². The molecule has 0 radical (unpaired) electrons. The monoisotopic (exact) mass is 314 g/mol. The fourth-order valence-corrected chi connectivity index (χ4v) is 2.25. The molecule has 3 nitrogen and oxygen atoms in total. The molecule has 0 heterocycles. The number of hydrogen-bond acceptors (Lipinski definition) is 3. The SMILES string of the molecule is O=C(/C=C/Nc1ccc(Nc2ccccc2)cc1)c1ccccc1. The van der Waals surface area contributed by atoms with Gasteiger partial charge in [-0.05, 0) is 36.4 Å². The molecule has 24 heavy (non-hydrogen) atoms. The summed E-state index contributed by atoms with van der Waals surface area (Å²) in [7, 11) is 0. The van der Waals surface area contributed by atoms with E-state index in [1.165, 1.54) is 6.08 Å². The third-order valence-electron chi connectivity index (χ3n) is 3.49. The minimum absolute atomic E-state index is 0.0227. The van der Waals surface area contributed by atoms with E-state index in [1.807, 2.05) is 72.8 Å². The van der Waals surface area contributed by atoms with Gasteiger partial charge in [-0.15, -0.1) is 0 Å². The summed E-state index contributed by atoms with van der Waals surface area (Å²) in [6, 6.07) is 27.1. The van der Waals surface area contributed by atoms with Crippen LogP contribution in [0.2, 0.25) is 0 Å². The Morgan fingerprint density at radius 1 is 0.667 bits per heavy atom. The van der Waals surface area contributed by atoms with Gasteiger partial charge in [-0.1, -0.05) is 48.5 Å². The maximum atomic E-state index is 12.0. The number of benzene rings is 3. The second kappa shape index (κ2) is 7.79. The van der Waals surface area contributed by atoms with Crippen LogP contribution in [-0.2, 0) is 0 Å². The minimum Gasteiger partial charge on any atom is -0.362 e. The maximum absolute atomic E-state index is 12.0. The van der Waals surface area contributed by atoms with E-state index in [4.69, 9.17) is 0 Å². The van der Waals surface area contributed by atoms with Crippen molar-refractivity contribution in [3.8, 4) is 0 Å². The van der Waals surface area contributed by atoms with Gasteiger partial charge in [0.2, 0.25) is 0 Å². The molecule has 0 aliphatic rings. The Hall–Kier alpha value is -3.33. The molecular formula is C21H18N2O. The zero-order chi connectivity index (χ0) is 16.6. The van der Waals surface area contributed by atoms with Crippen molar-refractivity contribution in [3.63, 3.8) is 0 Å². The summed E-state index contributed by atoms with van der Waals surface area (Å²) in [6.45, 7) is 0. The number of carbonyl (C=O) groups excluding carboxylic acids is 1. The lowest BCUT2D eigenvalue weighted by Crippen LogP contribution is -1.96. The van der Waals surface area contributed by atoms with Crippen molar-refractivity contribution in [2.24, 2.45) is 0 Å². The molecule has 0 fully saturated rings. The van der Waals surface area contributed by atoms with Gasteiger partial charge in [-0.25, -0.2) is 0 Å². The molecule has 0 saturated carbocycles. The highest BCUT2D eigenvalue weighted by Crippen LogP contribution is 2.18. The van der Waals surface area contributed by atoms with E-state index in [0.717, 1.165) is 17.1 Å². The van der Waals surface area contributed by atoms with E-state index in [9.17, 15) is 4.79 Å². The van der Waals surface area contributed by atoms with E-state index in [1.54, 1.807) is 18.3 Å². The smallest absolute Gasteiger partial charge is 0.187 e. The van der Waals surface area contributed by atoms with E-state index < -0.39 is 0 Å². The van der Waals surface area contributed by atoms with Crippen LogP contribution in [0.15, 0.2) is 97.2 Å². The summed E-state index contributed by atoms with van der Waals surface area (Å²) < 4.78 is 0. The normalized spacial score (nSPS) is 10.5. The lowest BCUT2D eigenvalue weighted by atomic mass is 10.1. The molecule has 0 unspecified atom stereocenters. The van der Waals surface area contributed by atoms with E-state index >= 15 is 0 Å². The molecule has 2 N–H and O–H groups in total. The molecular weight excluding hydrogens is 296 g/mol. The fourth-order valence-electron chi connectivity index (χ4n) is 2.25. The Bertz CT molecular complexity index is 809. The Labute approximate surface area is 141 Å². The van der Waals surface area contributed by atoms with Crippen molar-refractivity contribution in [2.75, 3.05) is 10.6 Å². The third-order valence-corrected chi connectivity index (χ3v) is 3.49. The molecule has 3 aromatic carbocycles. The van der Waals surface area contributed by atoms with Gasteiger partial charge < -0.3 is 10.6 Å². The topological polar surface area (TPSA) is 41.1 Å². The lowest BCUT2D eigenvalue weighted by Gasteiger charge is -2.07. The average molecular weight is 314 g/mol. The lowest BCUT2D eigenvalue weighted by molar-refractivity contribution is 0.104. The number of carbonyl (C=O) groups is 1. The Morgan fingerprint density at radius 2 is 1.21 bits per heavy atom. The summed E-state index contributed by atoms with van der Waals surface area (Å²) >= 11 is 0. The first-order valence-corrected chi connectivity index (χ1v) is 7.76. The number of ketones is 1. The van der Waals surface area contributed by atoms with Crippen LogP contribution in [0.3, 0.4) is 0 Å². The molecule has 3 heteroatoms. The first-order chi connectivity index (χ1) is 11.8.